The highest BCUT2D eigenvalue weighted by atomic mass is 16.2. The number of Topliss-reactive ketones (excluding diaryl/α,β-unsaturated/α-hetero) is 1. The molecule has 1 saturated heterocycles. The number of hydrogen-bond acceptors (Lipinski definition) is 5. The largest absolute Gasteiger partial charge is 0.361 e. The van der Waals surface area contributed by atoms with Gasteiger partial charge in [-0.25, -0.2) is 4.79 Å². The molecule has 0 saturated carbocycles. The standard InChI is InChI=1S/C28H39N5O3/c1-5-11-32-18-21(14-23-22-9-7-10-24-26(22)20(16-30-24)15-25(23)32)27(35)33(28(36)29-6-2)13-8-12-31(4)17-19(3)34/h5,7,9-10,16,21,23,25,30H,1,6,8,11-15,17-18H2,2-4H3,(H,29,36). The fourth-order valence-corrected chi connectivity index (χ4v) is 6.09. The summed E-state index contributed by atoms with van der Waals surface area (Å²) in [6.45, 7) is 10.5. The number of carbonyl (C=O) groups is 3. The molecular weight excluding hydrogens is 454 g/mol. The van der Waals surface area contributed by atoms with E-state index in [2.05, 4.69) is 46.2 Å². The van der Waals surface area contributed by atoms with Crippen LogP contribution in [0.2, 0.25) is 0 Å². The number of fused-ring (bicyclic) bond motifs is 2. The Labute approximate surface area is 213 Å². The summed E-state index contributed by atoms with van der Waals surface area (Å²) < 4.78 is 0. The molecule has 36 heavy (non-hydrogen) atoms. The van der Waals surface area contributed by atoms with Crippen molar-refractivity contribution in [3.05, 3.63) is 48.2 Å². The molecule has 0 radical (unpaired) electrons. The van der Waals surface area contributed by atoms with E-state index in [9.17, 15) is 14.4 Å². The third-order valence-corrected chi connectivity index (χ3v) is 7.54. The number of benzene rings is 1. The number of ketones is 1. The van der Waals surface area contributed by atoms with Crippen LogP contribution in [0.15, 0.2) is 37.1 Å². The molecule has 0 spiro atoms. The van der Waals surface area contributed by atoms with Crippen LogP contribution in [0.4, 0.5) is 4.79 Å². The molecule has 3 unspecified atom stereocenters. The zero-order valence-electron chi connectivity index (χ0n) is 21.8. The maximum Gasteiger partial charge on any atom is 0.324 e. The minimum absolute atomic E-state index is 0.0984. The first kappa shape index (κ1) is 26.1. The van der Waals surface area contributed by atoms with Gasteiger partial charge in [0.2, 0.25) is 5.91 Å². The predicted octanol–water partition coefficient (Wildman–Crippen LogP) is 3.15. The third kappa shape index (κ3) is 5.39. The summed E-state index contributed by atoms with van der Waals surface area (Å²) in [6.07, 6.45) is 6.31. The Hall–Kier alpha value is -2.97. The van der Waals surface area contributed by atoms with Crippen LogP contribution < -0.4 is 5.32 Å². The van der Waals surface area contributed by atoms with Gasteiger partial charge < -0.3 is 10.3 Å². The van der Waals surface area contributed by atoms with E-state index < -0.39 is 0 Å². The number of rotatable bonds is 10. The lowest BCUT2D eigenvalue weighted by Gasteiger charge is -2.47. The molecule has 3 amide bonds. The number of carbonyl (C=O) groups excluding carboxylic acids is 3. The minimum Gasteiger partial charge on any atom is -0.361 e. The summed E-state index contributed by atoms with van der Waals surface area (Å²) in [6, 6.07) is 6.35. The van der Waals surface area contributed by atoms with Crippen LogP contribution in [0.3, 0.4) is 0 Å². The molecule has 1 aromatic carbocycles. The molecule has 1 fully saturated rings. The van der Waals surface area contributed by atoms with Crippen LogP contribution in [-0.2, 0) is 16.0 Å². The number of likely N-dealkylation sites (tertiary alicyclic amines) is 1. The van der Waals surface area contributed by atoms with Gasteiger partial charge in [0, 0.05) is 55.2 Å². The number of nitrogens with zero attached hydrogens (tertiary/aromatic N) is 3. The van der Waals surface area contributed by atoms with E-state index in [0.29, 0.717) is 51.7 Å². The number of amides is 3. The van der Waals surface area contributed by atoms with E-state index in [0.717, 1.165) is 18.4 Å². The smallest absolute Gasteiger partial charge is 0.324 e. The maximum absolute atomic E-state index is 13.9. The molecule has 8 nitrogen and oxygen atoms in total. The van der Waals surface area contributed by atoms with E-state index in [1.165, 1.54) is 21.4 Å². The van der Waals surface area contributed by atoms with Crippen LogP contribution in [0.5, 0.6) is 0 Å². The number of aromatic nitrogens is 1. The lowest BCUT2D eigenvalue weighted by atomic mass is 9.72. The number of nitrogens with one attached hydrogen (secondary N) is 2. The molecule has 8 heteroatoms. The Morgan fingerprint density at radius 2 is 2.08 bits per heavy atom. The summed E-state index contributed by atoms with van der Waals surface area (Å²) in [5, 5.41) is 4.11. The summed E-state index contributed by atoms with van der Waals surface area (Å²) in [5.41, 5.74) is 3.77. The minimum atomic E-state index is -0.340. The number of piperidine rings is 1. The zero-order valence-corrected chi connectivity index (χ0v) is 21.8. The van der Waals surface area contributed by atoms with E-state index in [1.807, 2.05) is 24.9 Å². The first-order chi connectivity index (χ1) is 17.3. The van der Waals surface area contributed by atoms with Crippen LogP contribution in [0.25, 0.3) is 10.9 Å². The summed E-state index contributed by atoms with van der Waals surface area (Å²) in [4.78, 5) is 47.3. The maximum atomic E-state index is 13.9. The van der Waals surface area contributed by atoms with Crippen molar-refractivity contribution in [1.82, 2.24) is 25.0 Å². The average Bonchev–Trinajstić information content (AvgIpc) is 3.26. The Balaban J connectivity index is 1.55. The van der Waals surface area contributed by atoms with E-state index in [1.54, 1.807) is 6.92 Å². The molecule has 194 valence electrons. The summed E-state index contributed by atoms with van der Waals surface area (Å²) in [7, 11) is 1.88. The van der Waals surface area contributed by atoms with Crippen molar-refractivity contribution in [2.45, 2.75) is 45.1 Å². The predicted molar refractivity (Wildman–Crippen MR) is 142 cm³/mol. The molecular formula is C28H39N5O3. The normalized spacial score (nSPS) is 21.3. The lowest BCUT2D eigenvalue weighted by molar-refractivity contribution is -0.135. The highest BCUT2D eigenvalue weighted by molar-refractivity contribution is 5.96. The molecule has 4 rings (SSSR count). The number of imide groups is 1. The Bertz CT molecular complexity index is 1130. The number of aromatic amines is 1. The third-order valence-electron chi connectivity index (χ3n) is 7.54. The number of urea groups is 1. The Morgan fingerprint density at radius 1 is 1.28 bits per heavy atom. The van der Waals surface area contributed by atoms with Crippen molar-refractivity contribution < 1.29 is 14.4 Å². The molecule has 3 atom stereocenters. The molecule has 1 aliphatic heterocycles. The Kier molecular flexibility index (Phi) is 8.26. The lowest BCUT2D eigenvalue weighted by Crippen LogP contribution is -2.55. The first-order valence-corrected chi connectivity index (χ1v) is 13.0. The number of hydrogen-bond donors (Lipinski definition) is 2. The van der Waals surface area contributed by atoms with Crippen LogP contribution in [0, 0.1) is 5.92 Å². The van der Waals surface area contributed by atoms with Gasteiger partial charge in [-0.15, -0.1) is 6.58 Å². The van der Waals surface area contributed by atoms with Gasteiger partial charge in [0.1, 0.15) is 5.78 Å². The van der Waals surface area contributed by atoms with Crippen molar-refractivity contribution in [3.63, 3.8) is 0 Å². The molecule has 1 aromatic heterocycles. The molecule has 2 heterocycles. The van der Waals surface area contributed by atoms with Gasteiger partial charge >= 0.3 is 6.03 Å². The first-order valence-electron chi connectivity index (χ1n) is 13.0. The SMILES string of the molecule is C=CCN1CC(C(=O)N(CCCN(C)CC(C)=O)C(=O)NCC)CC2c3cccc4[nH]cc(c34)CC21. The molecule has 1 aliphatic carbocycles. The fraction of sp³-hybridized carbons (Fsp3) is 0.536. The van der Waals surface area contributed by atoms with E-state index in [4.69, 9.17) is 0 Å². The van der Waals surface area contributed by atoms with Gasteiger partial charge in [-0.1, -0.05) is 18.2 Å². The van der Waals surface area contributed by atoms with E-state index >= 15 is 0 Å². The van der Waals surface area contributed by atoms with Crippen LogP contribution in [-0.4, -0.2) is 89.8 Å². The van der Waals surface area contributed by atoms with Gasteiger partial charge in [0.25, 0.3) is 0 Å². The Morgan fingerprint density at radius 3 is 2.81 bits per heavy atom. The highest BCUT2D eigenvalue weighted by Gasteiger charge is 2.43. The number of H-pyrrole nitrogens is 1. The average molecular weight is 494 g/mol. The molecule has 2 aromatic rings. The summed E-state index contributed by atoms with van der Waals surface area (Å²) >= 11 is 0. The topological polar surface area (TPSA) is 88.8 Å². The second kappa shape index (κ2) is 11.4. The van der Waals surface area contributed by atoms with Gasteiger partial charge in [0.05, 0.1) is 12.5 Å². The quantitative estimate of drug-likeness (QED) is 0.497. The van der Waals surface area contributed by atoms with Crippen molar-refractivity contribution in [1.29, 1.82) is 0 Å². The molecule has 2 aliphatic rings. The van der Waals surface area contributed by atoms with Gasteiger partial charge in [0.15, 0.2) is 0 Å². The fourth-order valence-electron chi connectivity index (χ4n) is 6.09. The van der Waals surface area contributed by atoms with Crippen molar-refractivity contribution in [2.75, 3.05) is 46.3 Å². The second-order valence-corrected chi connectivity index (χ2v) is 10.3. The molecule has 2 N–H and O–H groups in total. The van der Waals surface area contributed by atoms with Crippen molar-refractivity contribution >= 4 is 28.6 Å². The van der Waals surface area contributed by atoms with Gasteiger partial charge in [-0.3, -0.25) is 24.3 Å². The van der Waals surface area contributed by atoms with Crippen LogP contribution >= 0.6 is 0 Å². The number of likely N-dealkylation sites (N-methyl/N-ethyl adjacent to an activating group) is 1. The summed E-state index contributed by atoms with van der Waals surface area (Å²) in [5.74, 6) is -0.0760. The van der Waals surface area contributed by atoms with Gasteiger partial charge in [-0.2, -0.15) is 0 Å². The van der Waals surface area contributed by atoms with E-state index in [-0.39, 0.29) is 29.6 Å². The van der Waals surface area contributed by atoms with Crippen molar-refractivity contribution in [3.8, 4) is 0 Å². The van der Waals surface area contributed by atoms with Crippen LogP contribution in [0.1, 0.15) is 43.7 Å². The monoisotopic (exact) mass is 493 g/mol. The highest BCUT2D eigenvalue weighted by Crippen LogP contribution is 2.45. The second-order valence-electron chi connectivity index (χ2n) is 10.3. The zero-order chi connectivity index (χ0) is 25.8. The van der Waals surface area contributed by atoms with Gasteiger partial charge in [-0.05, 0) is 63.9 Å². The van der Waals surface area contributed by atoms with Crippen molar-refractivity contribution in [2.24, 2.45) is 5.92 Å². The molecule has 0 bridgehead atoms.